The summed E-state index contributed by atoms with van der Waals surface area (Å²) in [5.41, 5.74) is 2.53. The van der Waals surface area contributed by atoms with E-state index in [4.69, 9.17) is 0 Å². The maximum atomic E-state index is 4.57. The van der Waals surface area contributed by atoms with Crippen molar-refractivity contribution < 1.29 is 0 Å². The number of aromatic nitrogens is 1. The highest BCUT2D eigenvalue weighted by atomic mass is 15.3. The van der Waals surface area contributed by atoms with E-state index in [1.54, 1.807) is 0 Å². The predicted octanol–water partition coefficient (Wildman–Crippen LogP) is 2.84. The van der Waals surface area contributed by atoms with Crippen molar-refractivity contribution in [2.75, 3.05) is 42.9 Å². The number of rotatable bonds is 5. The van der Waals surface area contributed by atoms with E-state index >= 15 is 0 Å². The molecule has 116 valence electrons. The van der Waals surface area contributed by atoms with Gasteiger partial charge in [-0.1, -0.05) is 30.3 Å². The van der Waals surface area contributed by atoms with Gasteiger partial charge in [0, 0.05) is 45.5 Å². The van der Waals surface area contributed by atoms with E-state index in [0.29, 0.717) is 0 Å². The van der Waals surface area contributed by atoms with Gasteiger partial charge in [0.15, 0.2) is 5.82 Å². The van der Waals surface area contributed by atoms with Gasteiger partial charge in [-0.2, -0.15) is 0 Å². The minimum Gasteiger partial charge on any atom is -0.382 e. The van der Waals surface area contributed by atoms with Crippen molar-refractivity contribution in [3.05, 3.63) is 54.2 Å². The van der Waals surface area contributed by atoms with Crippen LogP contribution in [-0.2, 0) is 6.54 Å². The molecule has 2 aromatic rings. The first kappa shape index (κ1) is 14.9. The number of nitrogens with one attached hydrogen (secondary N) is 1. The van der Waals surface area contributed by atoms with Crippen molar-refractivity contribution in [2.45, 2.75) is 13.5 Å². The average Bonchev–Trinajstić information content (AvgIpc) is 2.58. The minimum atomic E-state index is 0.923. The highest BCUT2D eigenvalue weighted by Gasteiger charge is 2.19. The number of hydrogen-bond donors (Lipinski definition) is 1. The van der Waals surface area contributed by atoms with Gasteiger partial charge in [-0.25, -0.2) is 4.98 Å². The molecule has 0 bridgehead atoms. The highest BCUT2D eigenvalue weighted by molar-refractivity contribution is 5.65. The van der Waals surface area contributed by atoms with Crippen molar-refractivity contribution >= 4 is 11.5 Å². The van der Waals surface area contributed by atoms with Gasteiger partial charge < -0.3 is 10.2 Å². The molecule has 1 aromatic heterocycles. The standard InChI is InChI=1S/C18H24N4/c1-2-19-17-9-6-10-20-18(17)22-13-11-21(12-14-22)15-16-7-4-3-5-8-16/h3-10,19H,2,11-15H2,1H3. The van der Waals surface area contributed by atoms with Crippen LogP contribution in [0.2, 0.25) is 0 Å². The topological polar surface area (TPSA) is 31.4 Å². The van der Waals surface area contributed by atoms with Gasteiger partial charge in [-0.15, -0.1) is 0 Å². The second-order valence-corrected chi connectivity index (χ2v) is 5.65. The van der Waals surface area contributed by atoms with E-state index in [2.05, 4.69) is 63.4 Å². The van der Waals surface area contributed by atoms with E-state index in [-0.39, 0.29) is 0 Å². The van der Waals surface area contributed by atoms with Crippen LogP contribution in [0.4, 0.5) is 11.5 Å². The Morgan fingerprint density at radius 3 is 2.50 bits per heavy atom. The van der Waals surface area contributed by atoms with Crippen molar-refractivity contribution in [3.63, 3.8) is 0 Å². The fraction of sp³-hybridized carbons (Fsp3) is 0.389. The Kier molecular flexibility index (Phi) is 4.91. The summed E-state index contributed by atoms with van der Waals surface area (Å²) in [6, 6.07) is 14.8. The Morgan fingerprint density at radius 2 is 1.77 bits per heavy atom. The third-order valence-corrected chi connectivity index (χ3v) is 4.07. The molecule has 0 atom stereocenters. The number of nitrogens with zero attached hydrogens (tertiary/aromatic N) is 3. The Labute approximate surface area is 132 Å². The summed E-state index contributed by atoms with van der Waals surface area (Å²) >= 11 is 0. The predicted molar refractivity (Wildman–Crippen MR) is 92.3 cm³/mol. The Hall–Kier alpha value is -2.07. The van der Waals surface area contributed by atoms with Crippen molar-refractivity contribution in [2.24, 2.45) is 0 Å². The molecule has 4 nitrogen and oxygen atoms in total. The van der Waals surface area contributed by atoms with E-state index in [1.807, 2.05) is 12.3 Å². The first-order chi connectivity index (χ1) is 10.9. The van der Waals surface area contributed by atoms with Crippen LogP contribution < -0.4 is 10.2 Å². The maximum absolute atomic E-state index is 4.57. The molecule has 2 heterocycles. The van der Waals surface area contributed by atoms with Gasteiger partial charge in [-0.05, 0) is 24.6 Å². The number of anilines is 2. The summed E-state index contributed by atoms with van der Waals surface area (Å²) in [5.74, 6) is 1.09. The van der Waals surface area contributed by atoms with Crippen LogP contribution >= 0.6 is 0 Å². The van der Waals surface area contributed by atoms with Crippen LogP contribution in [0.25, 0.3) is 0 Å². The third kappa shape index (κ3) is 3.57. The van der Waals surface area contributed by atoms with Crippen LogP contribution in [0.1, 0.15) is 12.5 Å². The Balaban J connectivity index is 1.60. The second kappa shape index (κ2) is 7.27. The van der Waals surface area contributed by atoms with E-state index in [0.717, 1.165) is 50.8 Å². The molecule has 1 saturated heterocycles. The molecule has 1 aromatic carbocycles. The number of piperazine rings is 1. The molecular weight excluding hydrogens is 272 g/mol. The molecule has 0 radical (unpaired) electrons. The summed E-state index contributed by atoms with van der Waals surface area (Å²) in [5, 5.41) is 3.41. The van der Waals surface area contributed by atoms with Crippen LogP contribution in [0.3, 0.4) is 0 Å². The fourth-order valence-electron chi connectivity index (χ4n) is 2.94. The van der Waals surface area contributed by atoms with Crippen LogP contribution in [0, 0.1) is 0 Å². The molecule has 1 aliphatic rings. The fourth-order valence-corrected chi connectivity index (χ4v) is 2.94. The van der Waals surface area contributed by atoms with Gasteiger partial charge in [0.25, 0.3) is 0 Å². The lowest BCUT2D eigenvalue weighted by Gasteiger charge is -2.36. The zero-order valence-corrected chi connectivity index (χ0v) is 13.2. The van der Waals surface area contributed by atoms with E-state index in [1.165, 1.54) is 5.56 Å². The SMILES string of the molecule is CCNc1cccnc1N1CCN(Cc2ccccc2)CC1. The largest absolute Gasteiger partial charge is 0.382 e. The molecule has 1 fully saturated rings. The molecule has 0 unspecified atom stereocenters. The second-order valence-electron chi connectivity index (χ2n) is 5.65. The molecule has 22 heavy (non-hydrogen) atoms. The van der Waals surface area contributed by atoms with Crippen molar-refractivity contribution in [1.29, 1.82) is 0 Å². The lowest BCUT2D eigenvalue weighted by molar-refractivity contribution is 0.249. The van der Waals surface area contributed by atoms with Crippen molar-refractivity contribution in [3.8, 4) is 0 Å². The molecule has 0 amide bonds. The Morgan fingerprint density at radius 1 is 1.00 bits per heavy atom. The zero-order valence-electron chi connectivity index (χ0n) is 13.2. The van der Waals surface area contributed by atoms with Gasteiger partial charge >= 0.3 is 0 Å². The molecular formula is C18H24N4. The Bertz CT molecular complexity index is 577. The molecule has 0 spiro atoms. The number of hydrogen-bond acceptors (Lipinski definition) is 4. The van der Waals surface area contributed by atoms with Gasteiger partial charge in [0.2, 0.25) is 0 Å². The summed E-state index contributed by atoms with van der Waals surface area (Å²) in [6.45, 7) is 8.30. The van der Waals surface area contributed by atoms with Crippen molar-refractivity contribution in [1.82, 2.24) is 9.88 Å². The molecule has 3 rings (SSSR count). The summed E-state index contributed by atoms with van der Waals surface area (Å²) in [7, 11) is 0. The number of benzene rings is 1. The zero-order chi connectivity index (χ0) is 15.2. The molecule has 1 aliphatic heterocycles. The first-order valence-electron chi connectivity index (χ1n) is 8.07. The summed E-state index contributed by atoms with van der Waals surface area (Å²) in [4.78, 5) is 9.48. The lowest BCUT2D eigenvalue weighted by Crippen LogP contribution is -2.46. The molecule has 0 saturated carbocycles. The normalized spacial score (nSPS) is 15.8. The number of pyridine rings is 1. The van der Waals surface area contributed by atoms with E-state index in [9.17, 15) is 0 Å². The quantitative estimate of drug-likeness (QED) is 0.919. The van der Waals surface area contributed by atoms with Crippen LogP contribution in [0.15, 0.2) is 48.7 Å². The van der Waals surface area contributed by atoms with Gasteiger partial charge in [0.1, 0.15) is 0 Å². The van der Waals surface area contributed by atoms with Crippen LogP contribution in [0.5, 0.6) is 0 Å². The summed E-state index contributed by atoms with van der Waals surface area (Å²) < 4.78 is 0. The minimum absolute atomic E-state index is 0.923. The monoisotopic (exact) mass is 296 g/mol. The van der Waals surface area contributed by atoms with Gasteiger partial charge in [0.05, 0.1) is 5.69 Å². The smallest absolute Gasteiger partial charge is 0.152 e. The highest BCUT2D eigenvalue weighted by Crippen LogP contribution is 2.23. The summed E-state index contributed by atoms with van der Waals surface area (Å²) in [6.07, 6.45) is 1.88. The van der Waals surface area contributed by atoms with Gasteiger partial charge in [-0.3, -0.25) is 4.90 Å². The lowest BCUT2D eigenvalue weighted by atomic mass is 10.2. The first-order valence-corrected chi connectivity index (χ1v) is 8.07. The van der Waals surface area contributed by atoms with E-state index < -0.39 is 0 Å². The molecule has 4 heteroatoms. The average molecular weight is 296 g/mol. The maximum Gasteiger partial charge on any atom is 0.152 e. The molecule has 0 aliphatic carbocycles. The molecule has 1 N–H and O–H groups in total. The third-order valence-electron chi connectivity index (χ3n) is 4.07. The van der Waals surface area contributed by atoms with Crippen LogP contribution in [-0.4, -0.2) is 42.6 Å².